The van der Waals surface area contributed by atoms with Gasteiger partial charge < -0.3 is 38.3 Å². The summed E-state index contributed by atoms with van der Waals surface area (Å²) in [5, 5.41) is 40.8. The fourth-order valence-corrected chi connectivity index (χ4v) is 0.728. The molecule has 0 aliphatic rings. The van der Waals surface area contributed by atoms with E-state index in [-0.39, 0.29) is 17.6 Å². The molecule has 0 radical (unpaired) electrons. The van der Waals surface area contributed by atoms with Gasteiger partial charge in [0.2, 0.25) is 11.9 Å². The quantitative estimate of drug-likeness (QED) is 0.141. The largest absolute Gasteiger partial charge is 0.394 e. The van der Waals surface area contributed by atoms with Crippen molar-refractivity contribution in [1.82, 2.24) is 0 Å². The van der Waals surface area contributed by atoms with E-state index in [0.717, 1.165) is 6.21 Å². The fraction of sp³-hybridized carbons (Fsp3) is 0.429. The minimum atomic E-state index is -1.56. The van der Waals surface area contributed by atoms with Crippen LogP contribution >= 0.6 is 0 Å². The second-order valence-electron chi connectivity index (χ2n) is 3.01. The second kappa shape index (κ2) is 7.94. The van der Waals surface area contributed by atoms with Crippen LogP contribution in [-0.2, 0) is 0 Å². The van der Waals surface area contributed by atoms with Crippen LogP contribution in [-0.4, -0.2) is 58.0 Å². The zero-order valence-electron chi connectivity index (χ0n) is 9.38. The standard InChI is InChI=1S/C7H16N8O3/c8-6(9)14-12-1-3(13-15-7(10)11)5(18)4(17)2-16/h1,4-5,16-18H,2H2,(H4,8,9,14)(H4,10,11,15)/t4-,5-/m1/s1. The molecule has 11 N–H and O–H groups in total. The molecule has 0 saturated carbocycles. The molecule has 11 heteroatoms. The third-order valence-electron chi connectivity index (χ3n) is 1.50. The number of hydrogen-bond donors (Lipinski definition) is 7. The van der Waals surface area contributed by atoms with E-state index < -0.39 is 18.8 Å². The highest BCUT2D eigenvalue weighted by Crippen LogP contribution is 1.96. The Kier molecular flexibility index (Phi) is 6.95. The topological polar surface area (TPSA) is 214 Å². The average molecular weight is 260 g/mol. The summed E-state index contributed by atoms with van der Waals surface area (Å²) in [4.78, 5) is 0. The summed E-state index contributed by atoms with van der Waals surface area (Å²) in [6, 6.07) is 0. The first kappa shape index (κ1) is 15.8. The van der Waals surface area contributed by atoms with Crippen LogP contribution in [0.2, 0.25) is 0 Å². The van der Waals surface area contributed by atoms with E-state index in [0.29, 0.717) is 0 Å². The van der Waals surface area contributed by atoms with Gasteiger partial charge in [-0.05, 0) is 0 Å². The molecule has 0 aliphatic heterocycles. The van der Waals surface area contributed by atoms with Crippen molar-refractivity contribution in [2.45, 2.75) is 12.2 Å². The smallest absolute Gasteiger partial charge is 0.211 e. The molecule has 18 heavy (non-hydrogen) atoms. The lowest BCUT2D eigenvalue weighted by molar-refractivity contribution is 0.0192. The minimum Gasteiger partial charge on any atom is -0.394 e. The predicted octanol–water partition coefficient (Wildman–Crippen LogP) is -4.41. The van der Waals surface area contributed by atoms with Crippen molar-refractivity contribution >= 4 is 23.8 Å². The summed E-state index contributed by atoms with van der Waals surface area (Å²) >= 11 is 0. The molecule has 2 atom stereocenters. The Morgan fingerprint density at radius 2 is 1.56 bits per heavy atom. The molecule has 0 unspecified atom stereocenters. The molecule has 0 aromatic rings. The van der Waals surface area contributed by atoms with Gasteiger partial charge in [0.05, 0.1) is 12.8 Å². The molecular formula is C7H16N8O3. The van der Waals surface area contributed by atoms with Gasteiger partial charge in [-0.25, -0.2) is 0 Å². The van der Waals surface area contributed by atoms with Gasteiger partial charge in [0.1, 0.15) is 17.9 Å². The summed E-state index contributed by atoms with van der Waals surface area (Å²) in [7, 11) is 0. The Morgan fingerprint density at radius 3 is 2.00 bits per heavy atom. The summed E-state index contributed by atoms with van der Waals surface area (Å²) in [5.74, 6) is -0.682. The van der Waals surface area contributed by atoms with Crippen LogP contribution in [0.25, 0.3) is 0 Å². The highest BCUT2D eigenvalue weighted by molar-refractivity contribution is 6.32. The molecule has 11 nitrogen and oxygen atoms in total. The molecule has 0 aromatic heterocycles. The van der Waals surface area contributed by atoms with Crippen LogP contribution in [0.15, 0.2) is 20.4 Å². The third-order valence-corrected chi connectivity index (χ3v) is 1.50. The van der Waals surface area contributed by atoms with Crippen LogP contribution in [0.5, 0.6) is 0 Å². The van der Waals surface area contributed by atoms with Crippen molar-refractivity contribution in [3.8, 4) is 0 Å². The van der Waals surface area contributed by atoms with Crippen molar-refractivity contribution in [3.05, 3.63) is 0 Å². The fourth-order valence-electron chi connectivity index (χ4n) is 0.728. The van der Waals surface area contributed by atoms with Gasteiger partial charge in [-0.1, -0.05) is 0 Å². The summed E-state index contributed by atoms with van der Waals surface area (Å²) in [6.45, 7) is -0.696. The van der Waals surface area contributed by atoms with E-state index in [1.807, 2.05) is 0 Å². The predicted molar refractivity (Wildman–Crippen MR) is 66.6 cm³/mol. The van der Waals surface area contributed by atoms with Gasteiger partial charge in [-0.2, -0.15) is 5.10 Å². The third kappa shape index (κ3) is 6.37. The molecule has 0 fully saturated rings. The van der Waals surface area contributed by atoms with Crippen LogP contribution in [0.4, 0.5) is 0 Å². The summed E-state index contributed by atoms with van der Waals surface area (Å²) in [6.07, 6.45) is -2.12. The van der Waals surface area contributed by atoms with Gasteiger partial charge in [0.25, 0.3) is 0 Å². The Bertz CT molecular complexity index is 369. The molecular weight excluding hydrogens is 244 g/mol. The number of nitrogens with two attached hydrogens (primary N) is 4. The SMILES string of the molecule is NC(N)=NN=CC(=NN=C(N)N)[C@@H](O)[C@H](O)CO. The molecule has 0 saturated heterocycles. The van der Waals surface area contributed by atoms with E-state index in [2.05, 4.69) is 20.4 Å². The van der Waals surface area contributed by atoms with Crippen LogP contribution in [0.1, 0.15) is 0 Å². The second-order valence-corrected chi connectivity index (χ2v) is 3.01. The molecule has 0 bridgehead atoms. The maximum atomic E-state index is 9.56. The number of aliphatic hydroxyl groups is 3. The molecule has 0 heterocycles. The number of guanidine groups is 2. The Morgan fingerprint density at radius 1 is 1.00 bits per heavy atom. The Hall–Kier alpha value is -2.24. The van der Waals surface area contributed by atoms with Crippen molar-refractivity contribution in [2.24, 2.45) is 43.3 Å². The lowest BCUT2D eigenvalue weighted by atomic mass is 10.1. The Labute approximate surface area is 102 Å². The van der Waals surface area contributed by atoms with Crippen LogP contribution in [0, 0.1) is 0 Å². The summed E-state index contributed by atoms with van der Waals surface area (Å²) in [5.41, 5.74) is 19.9. The number of nitrogens with zero attached hydrogens (tertiary/aromatic N) is 4. The lowest BCUT2D eigenvalue weighted by Crippen LogP contribution is -2.37. The van der Waals surface area contributed by atoms with E-state index >= 15 is 0 Å². The normalized spacial score (nSPS) is 15.2. The molecule has 0 aromatic carbocycles. The van der Waals surface area contributed by atoms with Gasteiger partial charge >= 0.3 is 0 Å². The van der Waals surface area contributed by atoms with Crippen molar-refractivity contribution in [3.63, 3.8) is 0 Å². The number of hydrogen-bond acceptors (Lipinski definition) is 7. The highest BCUT2D eigenvalue weighted by atomic mass is 16.4. The highest BCUT2D eigenvalue weighted by Gasteiger charge is 2.20. The van der Waals surface area contributed by atoms with Gasteiger partial charge in [0.15, 0.2) is 0 Å². The molecule has 102 valence electrons. The van der Waals surface area contributed by atoms with Crippen LogP contribution < -0.4 is 22.9 Å². The zero-order chi connectivity index (χ0) is 14.1. The Balaban J connectivity index is 5.06. The average Bonchev–Trinajstić information content (AvgIpc) is 2.30. The van der Waals surface area contributed by atoms with Crippen molar-refractivity contribution < 1.29 is 15.3 Å². The van der Waals surface area contributed by atoms with Crippen LogP contribution in [0.3, 0.4) is 0 Å². The molecule has 0 amide bonds. The van der Waals surface area contributed by atoms with Gasteiger partial charge in [-0.15, -0.1) is 15.3 Å². The first-order valence-corrected chi connectivity index (χ1v) is 4.64. The van der Waals surface area contributed by atoms with Gasteiger partial charge in [0, 0.05) is 0 Å². The zero-order valence-corrected chi connectivity index (χ0v) is 9.38. The molecule has 0 aliphatic carbocycles. The van der Waals surface area contributed by atoms with Gasteiger partial charge in [-0.3, -0.25) is 0 Å². The first-order valence-electron chi connectivity index (χ1n) is 4.64. The summed E-state index contributed by atoms with van der Waals surface area (Å²) < 4.78 is 0. The number of aliphatic hydroxyl groups excluding tert-OH is 3. The van der Waals surface area contributed by atoms with Crippen molar-refractivity contribution in [2.75, 3.05) is 6.61 Å². The monoisotopic (exact) mass is 260 g/mol. The maximum Gasteiger partial charge on any atom is 0.211 e. The van der Waals surface area contributed by atoms with E-state index in [4.69, 9.17) is 28.0 Å². The maximum absolute atomic E-state index is 9.56. The minimum absolute atomic E-state index is 0.241. The van der Waals surface area contributed by atoms with Crippen molar-refractivity contribution in [1.29, 1.82) is 0 Å². The first-order chi connectivity index (χ1) is 8.38. The molecule has 0 rings (SSSR count). The molecule has 0 spiro atoms. The van der Waals surface area contributed by atoms with E-state index in [1.165, 1.54) is 0 Å². The van der Waals surface area contributed by atoms with E-state index in [9.17, 15) is 10.2 Å². The lowest BCUT2D eigenvalue weighted by Gasteiger charge is -2.13. The number of rotatable bonds is 6. The van der Waals surface area contributed by atoms with E-state index in [1.54, 1.807) is 0 Å².